The molecule has 0 saturated carbocycles. The van der Waals surface area contributed by atoms with Crippen molar-refractivity contribution >= 4 is 30.0 Å². The van der Waals surface area contributed by atoms with Crippen LogP contribution >= 0.6 is 24.2 Å². The quantitative estimate of drug-likeness (QED) is 0.605. The van der Waals surface area contributed by atoms with E-state index in [0.717, 1.165) is 16.0 Å². The van der Waals surface area contributed by atoms with E-state index in [-0.39, 0.29) is 11.7 Å². The van der Waals surface area contributed by atoms with Gasteiger partial charge in [-0.15, -0.1) is 24.2 Å². The topological polar surface area (TPSA) is 17.1 Å². The van der Waals surface area contributed by atoms with Crippen LogP contribution in [0, 0.1) is 6.92 Å². The molecule has 0 saturated heterocycles. The maximum Gasteiger partial charge on any atom is 0.151 e. The smallest absolute Gasteiger partial charge is 0.151 e. The van der Waals surface area contributed by atoms with Crippen LogP contribution in [0.25, 0.3) is 0 Å². The van der Waals surface area contributed by atoms with Gasteiger partial charge in [-0.1, -0.05) is 18.2 Å². The van der Waals surface area contributed by atoms with Crippen molar-refractivity contribution in [1.82, 2.24) is 0 Å². The van der Waals surface area contributed by atoms with Crippen LogP contribution in [0.3, 0.4) is 0 Å². The van der Waals surface area contributed by atoms with Gasteiger partial charge in [-0.05, 0) is 18.1 Å². The number of halogens is 1. The molecule has 3 heteroatoms. The molecule has 0 N–H and O–H groups in total. The van der Waals surface area contributed by atoms with E-state index in [1.807, 2.05) is 25.1 Å². The van der Waals surface area contributed by atoms with Gasteiger partial charge in [0.1, 0.15) is 0 Å². The Kier molecular flexibility index (Phi) is 3.82. The molecular formula is C10H11ClOS. The second-order valence-corrected chi connectivity index (χ2v) is 3.65. The second-order valence-electron chi connectivity index (χ2n) is 2.93. The number of alkyl halides is 1. The molecule has 0 spiro atoms. The van der Waals surface area contributed by atoms with E-state index in [2.05, 4.69) is 12.6 Å². The molecule has 0 aliphatic carbocycles. The first-order chi connectivity index (χ1) is 6.15. The van der Waals surface area contributed by atoms with Crippen LogP contribution in [0.5, 0.6) is 0 Å². The van der Waals surface area contributed by atoms with Crippen molar-refractivity contribution in [3.8, 4) is 0 Å². The number of carbonyl (C=O) groups is 1. The van der Waals surface area contributed by atoms with Crippen molar-refractivity contribution in [3.63, 3.8) is 0 Å². The van der Waals surface area contributed by atoms with E-state index in [1.165, 1.54) is 0 Å². The monoisotopic (exact) mass is 214 g/mol. The van der Waals surface area contributed by atoms with Crippen LogP contribution in [0.2, 0.25) is 0 Å². The number of thiol groups is 1. The molecule has 0 bridgehead atoms. The van der Waals surface area contributed by atoms with Gasteiger partial charge in [0.05, 0.1) is 5.88 Å². The first-order valence-electron chi connectivity index (χ1n) is 4.00. The zero-order valence-corrected chi connectivity index (χ0v) is 9.03. The van der Waals surface area contributed by atoms with Crippen molar-refractivity contribution in [2.24, 2.45) is 0 Å². The third-order valence-corrected chi connectivity index (χ3v) is 2.80. The minimum absolute atomic E-state index is 0.0302. The predicted molar refractivity (Wildman–Crippen MR) is 57.9 cm³/mol. The number of aryl methyl sites for hydroxylation is 1. The highest BCUT2D eigenvalue weighted by Crippen LogP contribution is 2.18. The molecule has 1 rings (SSSR count). The summed E-state index contributed by atoms with van der Waals surface area (Å²) in [5.41, 5.74) is 2.04. The summed E-state index contributed by atoms with van der Waals surface area (Å²) in [7, 11) is 0. The standard InChI is InChI=1S/C10H11ClOS/c1-7-3-2-4-8(10(7)13)5-9(12)6-11/h2-4,13H,5-6H2,1H3. The summed E-state index contributed by atoms with van der Waals surface area (Å²) in [5.74, 6) is 0.101. The first kappa shape index (κ1) is 10.6. The van der Waals surface area contributed by atoms with E-state index in [1.54, 1.807) is 0 Å². The molecule has 1 aromatic rings. The van der Waals surface area contributed by atoms with E-state index < -0.39 is 0 Å². The summed E-state index contributed by atoms with van der Waals surface area (Å²) in [4.78, 5) is 12.0. The van der Waals surface area contributed by atoms with Crippen LogP contribution in [0.1, 0.15) is 11.1 Å². The Morgan fingerprint density at radius 3 is 2.85 bits per heavy atom. The lowest BCUT2D eigenvalue weighted by Crippen LogP contribution is -2.04. The van der Waals surface area contributed by atoms with Gasteiger partial charge in [0.15, 0.2) is 5.78 Å². The fraction of sp³-hybridized carbons (Fsp3) is 0.300. The average molecular weight is 215 g/mol. The van der Waals surface area contributed by atoms with Crippen LogP contribution in [-0.2, 0) is 11.2 Å². The van der Waals surface area contributed by atoms with E-state index in [0.29, 0.717) is 6.42 Å². The van der Waals surface area contributed by atoms with Crippen LogP contribution in [0.4, 0.5) is 0 Å². The fourth-order valence-electron chi connectivity index (χ4n) is 1.12. The van der Waals surface area contributed by atoms with Gasteiger partial charge in [-0.2, -0.15) is 0 Å². The summed E-state index contributed by atoms with van der Waals surface area (Å²) >= 11 is 9.75. The summed E-state index contributed by atoms with van der Waals surface area (Å²) in [6, 6.07) is 5.79. The maximum absolute atomic E-state index is 11.1. The van der Waals surface area contributed by atoms with Crippen LogP contribution in [0.15, 0.2) is 23.1 Å². The number of carbonyl (C=O) groups excluding carboxylic acids is 1. The third-order valence-electron chi connectivity index (χ3n) is 1.86. The van der Waals surface area contributed by atoms with Gasteiger partial charge in [-0.3, -0.25) is 4.79 Å². The molecule has 1 aromatic carbocycles. The highest BCUT2D eigenvalue weighted by atomic mass is 35.5. The number of Topliss-reactive ketones (excluding diaryl/α,β-unsaturated/α-hetero) is 1. The predicted octanol–water partition coefficient (Wildman–Crippen LogP) is 2.63. The maximum atomic E-state index is 11.1. The minimum atomic E-state index is 0.0302. The van der Waals surface area contributed by atoms with Gasteiger partial charge in [0.2, 0.25) is 0 Å². The van der Waals surface area contributed by atoms with Crippen molar-refractivity contribution < 1.29 is 4.79 Å². The summed E-state index contributed by atoms with van der Waals surface area (Å²) in [6.45, 7) is 1.97. The molecule has 13 heavy (non-hydrogen) atoms. The molecule has 0 aliphatic rings. The molecule has 0 aromatic heterocycles. The largest absolute Gasteiger partial charge is 0.298 e. The number of hydrogen-bond acceptors (Lipinski definition) is 2. The molecule has 0 aliphatic heterocycles. The molecule has 0 amide bonds. The van der Waals surface area contributed by atoms with E-state index in [9.17, 15) is 4.79 Å². The highest BCUT2D eigenvalue weighted by molar-refractivity contribution is 7.80. The van der Waals surface area contributed by atoms with Crippen LogP contribution < -0.4 is 0 Å². The lowest BCUT2D eigenvalue weighted by atomic mass is 10.1. The SMILES string of the molecule is Cc1cccc(CC(=O)CCl)c1S. The molecule has 70 valence electrons. The molecule has 0 heterocycles. The van der Waals surface area contributed by atoms with Gasteiger partial charge >= 0.3 is 0 Å². The minimum Gasteiger partial charge on any atom is -0.298 e. The van der Waals surface area contributed by atoms with Crippen molar-refractivity contribution in [2.45, 2.75) is 18.2 Å². The zero-order chi connectivity index (χ0) is 9.84. The lowest BCUT2D eigenvalue weighted by Gasteiger charge is -2.05. The van der Waals surface area contributed by atoms with Gasteiger partial charge in [-0.25, -0.2) is 0 Å². The number of benzene rings is 1. The molecule has 1 nitrogen and oxygen atoms in total. The normalized spacial score (nSPS) is 10.1. The van der Waals surface area contributed by atoms with Gasteiger partial charge in [0, 0.05) is 11.3 Å². The summed E-state index contributed by atoms with van der Waals surface area (Å²) < 4.78 is 0. The number of ketones is 1. The molecule has 0 unspecified atom stereocenters. The fourth-order valence-corrected chi connectivity index (χ4v) is 1.44. The van der Waals surface area contributed by atoms with E-state index in [4.69, 9.17) is 11.6 Å². The first-order valence-corrected chi connectivity index (χ1v) is 4.98. The number of hydrogen-bond donors (Lipinski definition) is 1. The Hall–Kier alpha value is -0.470. The van der Waals surface area contributed by atoms with Crippen molar-refractivity contribution in [2.75, 3.05) is 5.88 Å². The summed E-state index contributed by atoms with van der Waals surface area (Å²) in [5, 5.41) is 0. The Balaban J connectivity index is 2.89. The van der Waals surface area contributed by atoms with Crippen molar-refractivity contribution in [1.29, 1.82) is 0 Å². The second kappa shape index (κ2) is 4.68. The van der Waals surface area contributed by atoms with Gasteiger partial charge in [0.25, 0.3) is 0 Å². The van der Waals surface area contributed by atoms with E-state index >= 15 is 0 Å². The molecule has 0 radical (unpaired) electrons. The van der Waals surface area contributed by atoms with Gasteiger partial charge < -0.3 is 0 Å². The molecule has 0 fully saturated rings. The molecule has 0 atom stereocenters. The van der Waals surface area contributed by atoms with Crippen LogP contribution in [-0.4, -0.2) is 11.7 Å². The Bertz CT molecular complexity index is 323. The highest BCUT2D eigenvalue weighted by Gasteiger charge is 2.06. The Morgan fingerprint density at radius 2 is 2.23 bits per heavy atom. The Labute approximate surface area is 88.5 Å². The Morgan fingerprint density at radius 1 is 1.54 bits per heavy atom. The average Bonchev–Trinajstić information content (AvgIpc) is 2.13. The van der Waals surface area contributed by atoms with Crippen molar-refractivity contribution in [3.05, 3.63) is 29.3 Å². The summed E-state index contributed by atoms with van der Waals surface area (Å²) in [6.07, 6.45) is 0.379. The third kappa shape index (κ3) is 2.75. The zero-order valence-electron chi connectivity index (χ0n) is 7.38. The number of rotatable bonds is 3. The lowest BCUT2D eigenvalue weighted by molar-refractivity contribution is -0.116. The molecular weight excluding hydrogens is 204 g/mol.